The molecule has 0 aliphatic carbocycles. The molecule has 18 heavy (non-hydrogen) atoms. The zero-order chi connectivity index (χ0) is 13.1. The molecule has 2 rings (SSSR count). The van der Waals surface area contributed by atoms with Crippen molar-refractivity contribution in [2.24, 2.45) is 0 Å². The van der Waals surface area contributed by atoms with Crippen molar-refractivity contribution < 1.29 is 22.7 Å². The summed E-state index contributed by atoms with van der Waals surface area (Å²) in [6.45, 7) is -2.74. The highest BCUT2D eigenvalue weighted by atomic mass is 19.3. The second-order valence-corrected chi connectivity index (χ2v) is 3.21. The van der Waals surface area contributed by atoms with Crippen LogP contribution in [0.1, 0.15) is 12.4 Å². The minimum Gasteiger partial charge on any atom is -0.469 e. The number of alkyl halides is 2. The smallest absolute Gasteiger partial charge is 0.333 e. The maximum Gasteiger partial charge on any atom is 0.333 e. The van der Waals surface area contributed by atoms with Gasteiger partial charge in [0.15, 0.2) is 0 Å². The quantitative estimate of drug-likeness (QED) is 0.762. The Hall–Kier alpha value is -2.32. The number of ether oxygens (including phenoxy) is 1. The third-order valence-electron chi connectivity index (χ3n) is 2.02. The Kier molecular flexibility index (Phi) is 3.31. The van der Waals surface area contributed by atoms with E-state index in [9.17, 15) is 13.6 Å². The average molecular weight is 258 g/mol. The lowest BCUT2D eigenvalue weighted by molar-refractivity contribution is -0.140. The monoisotopic (exact) mass is 258 g/mol. The van der Waals surface area contributed by atoms with Gasteiger partial charge in [-0.1, -0.05) is 0 Å². The van der Waals surface area contributed by atoms with E-state index in [2.05, 4.69) is 20.0 Å². The molecule has 0 aliphatic rings. The Morgan fingerprint density at radius 3 is 2.94 bits per heavy atom. The normalized spacial score (nSPS) is 10.9. The number of esters is 1. The molecule has 2 aromatic heterocycles. The molecule has 0 amide bonds. The van der Waals surface area contributed by atoms with Gasteiger partial charge in [-0.15, -0.1) is 10.2 Å². The molecule has 0 bridgehead atoms. The Morgan fingerprint density at radius 2 is 2.33 bits per heavy atom. The van der Waals surface area contributed by atoms with Gasteiger partial charge in [-0.3, -0.25) is 4.79 Å². The maximum absolute atomic E-state index is 12.3. The van der Waals surface area contributed by atoms with Gasteiger partial charge in [0, 0.05) is 6.20 Å². The van der Waals surface area contributed by atoms with E-state index in [0.29, 0.717) is 4.68 Å². The highest BCUT2D eigenvalue weighted by Crippen LogP contribution is 2.18. The van der Waals surface area contributed by atoms with Crippen molar-refractivity contribution in [1.29, 1.82) is 0 Å². The van der Waals surface area contributed by atoms with Gasteiger partial charge in [-0.05, 0) is 6.07 Å². The lowest BCUT2D eigenvalue weighted by Crippen LogP contribution is -2.04. The molecule has 0 saturated carbocycles. The van der Waals surface area contributed by atoms with Crippen molar-refractivity contribution in [3.8, 4) is 11.6 Å². The van der Waals surface area contributed by atoms with E-state index in [-0.39, 0.29) is 23.9 Å². The summed E-state index contributed by atoms with van der Waals surface area (Å²) in [7, 11) is 1.23. The summed E-state index contributed by atoms with van der Waals surface area (Å²) in [5, 5.41) is 10.7. The molecule has 0 radical (unpaired) electrons. The number of aromatic nitrogens is 4. The van der Waals surface area contributed by atoms with Crippen LogP contribution in [-0.4, -0.2) is 33.1 Å². The largest absolute Gasteiger partial charge is 0.469 e. The molecule has 2 aromatic rings. The minimum atomic E-state index is -2.74. The molecular weight excluding hydrogens is 250 g/mol. The van der Waals surface area contributed by atoms with Gasteiger partial charge >= 0.3 is 12.5 Å². The molecule has 0 unspecified atom stereocenters. The fourth-order valence-electron chi connectivity index (χ4n) is 1.18. The van der Waals surface area contributed by atoms with E-state index in [4.69, 9.17) is 4.42 Å². The Bertz CT molecular complexity index is 552. The second kappa shape index (κ2) is 4.90. The molecule has 96 valence electrons. The van der Waals surface area contributed by atoms with Crippen LogP contribution in [0.25, 0.3) is 11.6 Å². The van der Waals surface area contributed by atoms with Crippen molar-refractivity contribution >= 4 is 5.97 Å². The first-order valence-electron chi connectivity index (χ1n) is 4.83. The molecular formula is C9H8F2N4O3. The van der Waals surface area contributed by atoms with E-state index in [1.54, 1.807) is 0 Å². The van der Waals surface area contributed by atoms with E-state index in [0.717, 1.165) is 6.20 Å². The van der Waals surface area contributed by atoms with Crippen LogP contribution >= 0.6 is 0 Å². The zero-order valence-corrected chi connectivity index (χ0v) is 9.21. The molecule has 9 heteroatoms. The van der Waals surface area contributed by atoms with E-state index >= 15 is 0 Å². The number of carbonyl (C=O) groups excluding carboxylic acids is 1. The predicted octanol–water partition coefficient (Wildman–Crippen LogP) is 1.04. The van der Waals surface area contributed by atoms with Crippen LogP contribution in [0.15, 0.2) is 16.7 Å². The molecule has 7 nitrogen and oxygen atoms in total. The fourth-order valence-corrected chi connectivity index (χ4v) is 1.18. The van der Waals surface area contributed by atoms with Crippen molar-refractivity contribution in [1.82, 2.24) is 20.0 Å². The van der Waals surface area contributed by atoms with Crippen LogP contribution in [0.2, 0.25) is 0 Å². The number of hydrogen-bond acceptors (Lipinski definition) is 6. The fraction of sp³-hybridized carbons (Fsp3) is 0.333. The summed E-state index contributed by atoms with van der Waals surface area (Å²) in [6, 6.07) is 1.31. The average Bonchev–Trinajstić information content (AvgIpc) is 2.96. The number of hydrogen-bond donors (Lipinski definition) is 0. The predicted molar refractivity (Wildman–Crippen MR) is 52.5 cm³/mol. The van der Waals surface area contributed by atoms with Crippen LogP contribution in [0, 0.1) is 0 Å². The van der Waals surface area contributed by atoms with E-state index in [1.165, 1.54) is 13.2 Å². The van der Waals surface area contributed by atoms with Crippen molar-refractivity contribution in [3.63, 3.8) is 0 Å². The molecule has 0 spiro atoms. The summed E-state index contributed by atoms with van der Waals surface area (Å²) in [5.74, 6) is -0.542. The number of methoxy groups -OCH3 is 1. The maximum atomic E-state index is 12.3. The molecule has 2 heterocycles. The van der Waals surface area contributed by atoms with Crippen molar-refractivity contribution in [3.05, 3.63) is 18.2 Å². The van der Waals surface area contributed by atoms with Crippen LogP contribution in [0.4, 0.5) is 8.78 Å². The van der Waals surface area contributed by atoms with Crippen LogP contribution in [-0.2, 0) is 16.0 Å². The minimum absolute atomic E-state index is 0.0310. The SMILES string of the molecule is COC(=O)Cc1nnc(-c2ccn(C(F)F)n2)o1. The van der Waals surface area contributed by atoms with Gasteiger partial charge in [0.2, 0.25) is 5.89 Å². The second-order valence-electron chi connectivity index (χ2n) is 3.21. The van der Waals surface area contributed by atoms with Gasteiger partial charge in [-0.25, -0.2) is 4.68 Å². The van der Waals surface area contributed by atoms with E-state index in [1.807, 2.05) is 0 Å². The van der Waals surface area contributed by atoms with Gasteiger partial charge < -0.3 is 9.15 Å². The number of carbonyl (C=O) groups is 1. The van der Waals surface area contributed by atoms with Crippen LogP contribution in [0.3, 0.4) is 0 Å². The van der Waals surface area contributed by atoms with Crippen molar-refractivity contribution in [2.75, 3.05) is 7.11 Å². The Morgan fingerprint density at radius 1 is 1.56 bits per heavy atom. The van der Waals surface area contributed by atoms with Gasteiger partial charge in [-0.2, -0.15) is 13.9 Å². The standard InChI is InChI=1S/C9H8F2N4O3/c1-17-7(16)4-6-12-13-8(18-6)5-2-3-15(14-5)9(10)11/h2-3,9H,4H2,1H3. The zero-order valence-electron chi connectivity index (χ0n) is 9.21. The first-order chi connectivity index (χ1) is 8.60. The van der Waals surface area contributed by atoms with Gasteiger partial charge in [0.1, 0.15) is 12.1 Å². The lowest BCUT2D eigenvalue weighted by atomic mass is 10.4. The molecule has 0 fully saturated rings. The van der Waals surface area contributed by atoms with Crippen LogP contribution in [0.5, 0.6) is 0 Å². The highest BCUT2D eigenvalue weighted by molar-refractivity contribution is 5.71. The summed E-state index contributed by atoms with van der Waals surface area (Å²) in [6.07, 6.45) is 0.906. The third kappa shape index (κ3) is 2.50. The summed E-state index contributed by atoms with van der Waals surface area (Å²) >= 11 is 0. The summed E-state index contributed by atoms with van der Waals surface area (Å²) < 4.78 is 34.6. The molecule has 0 saturated heterocycles. The molecule has 0 aromatic carbocycles. The number of nitrogens with zero attached hydrogens (tertiary/aromatic N) is 4. The molecule has 0 aliphatic heterocycles. The topological polar surface area (TPSA) is 83.0 Å². The first-order valence-corrected chi connectivity index (χ1v) is 4.83. The van der Waals surface area contributed by atoms with Gasteiger partial charge in [0.25, 0.3) is 5.89 Å². The third-order valence-corrected chi connectivity index (χ3v) is 2.02. The van der Waals surface area contributed by atoms with E-state index < -0.39 is 12.5 Å². The molecule has 0 atom stereocenters. The number of halogens is 2. The van der Waals surface area contributed by atoms with Crippen molar-refractivity contribution in [2.45, 2.75) is 13.0 Å². The lowest BCUT2D eigenvalue weighted by Gasteiger charge is -1.95. The number of rotatable bonds is 4. The molecule has 0 N–H and O–H groups in total. The van der Waals surface area contributed by atoms with Gasteiger partial charge in [0.05, 0.1) is 7.11 Å². The Balaban J connectivity index is 2.16. The Labute approximate surface area is 99.4 Å². The first kappa shape index (κ1) is 12.1. The highest BCUT2D eigenvalue weighted by Gasteiger charge is 2.16. The summed E-state index contributed by atoms with van der Waals surface area (Å²) in [5.41, 5.74) is 0.110. The van der Waals surface area contributed by atoms with Crippen LogP contribution < -0.4 is 0 Å². The summed E-state index contributed by atoms with van der Waals surface area (Å²) in [4.78, 5) is 11.0.